The number of nitrogens with zero attached hydrogens (tertiary/aromatic N) is 2. The minimum Gasteiger partial charge on any atom is -0.293 e. The van der Waals surface area contributed by atoms with E-state index in [0.29, 0.717) is 0 Å². The van der Waals surface area contributed by atoms with Crippen LogP contribution in [0.3, 0.4) is 0 Å². The van der Waals surface area contributed by atoms with Crippen molar-refractivity contribution in [1.82, 2.24) is 0 Å². The third kappa shape index (κ3) is 1.90. The van der Waals surface area contributed by atoms with Gasteiger partial charge in [0.05, 0.1) is 5.69 Å². The Bertz CT molecular complexity index is 390. The van der Waals surface area contributed by atoms with E-state index in [2.05, 4.69) is 36.6 Å². The van der Waals surface area contributed by atoms with Gasteiger partial charge in [0.15, 0.2) is 0 Å². The van der Waals surface area contributed by atoms with Crippen molar-refractivity contribution in [2.24, 2.45) is 9.98 Å². The standard InChI is InChI=1S/C12H16N2/c1-8-6-11(10(3)13-4)12(14-5)7-9(8)2/h6-7H,5H2,1-4H3/b13-10-. The summed E-state index contributed by atoms with van der Waals surface area (Å²) in [6.45, 7) is 9.73. The highest BCUT2D eigenvalue weighted by atomic mass is 14.7. The monoisotopic (exact) mass is 188 g/mol. The third-order valence-electron chi connectivity index (χ3n) is 2.51. The third-order valence-corrected chi connectivity index (χ3v) is 2.51. The van der Waals surface area contributed by atoms with Crippen LogP contribution in [0.15, 0.2) is 22.1 Å². The van der Waals surface area contributed by atoms with Gasteiger partial charge in [-0.2, -0.15) is 0 Å². The molecular formula is C12H16N2. The fourth-order valence-electron chi connectivity index (χ4n) is 1.34. The summed E-state index contributed by atoms with van der Waals surface area (Å²) in [6.07, 6.45) is 0. The predicted molar refractivity (Wildman–Crippen MR) is 63.3 cm³/mol. The van der Waals surface area contributed by atoms with Crippen LogP contribution in [0.1, 0.15) is 23.6 Å². The van der Waals surface area contributed by atoms with Crippen molar-refractivity contribution >= 4 is 18.1 Å². The van der Waals surface area contributed by atoms with Crippen molar-refractivity contribution in [3.05, 3.63) is 28.8 Å². The molecule has 1 rings (SSSR count). The van der Waals surface area contributed by atoms with Crippen LogP contribution in [-0.4, -0.2) is 19.5 Å². The summed E-state index contributed by atoms with van der Waals surface area (Å²) in [5.41, 5.74) is 5.48. The maximum atomic E-state index is 4.17. The summed E-state index contributed by atoms with van der Waals surface area (Å²) < 4.78 is 0. The Morgan fingerprint density at radius 2 is 1.79 bits per heavy atom. The second-order valence-electron chi connectivity index (χ2n) is 3.42. The molecule has 0 aliphatic carbocycles. The van der Waals surface area contributed by atoms with Gasteiger partial charge in [-0.25, -0.2) is 0 Å². The number of rotatable bonds is 2. The molecule has 0 amide bonds. The Labute approximate surface area is 85.4 Å². The quantitative estimate of drug-likeness (QED) is 0.637. The number of aryl methyl sites for hydroxylation is 2. The summed E-state index contributed by atoms with van der Waals surface area (Å²) in [6, 6.07) is 4.16. The van der Waals surface area contributed by atoms with E-state index >= 15 is 0 Å². The molecule has 0 saturated heterocycles. The Morgan fingerprint density at radius 1 is 1.21 bits per heavy atom. The molecular weight excluding hydrogens is 172 g/mol. The molecule has 1 aromatic carbocycles. The molecule has 2 heteroatoms. The van der Waals surface area contributed by atoms with E-state index < -0.39 is 0 Å². The van der Waals surface area contributed by atoms with Gasteiger partial charge in [0, 0.05) is 18.3 Å². The van der Waals surface area contributed by atoms with E-state index in [4.69, 9.17) is 0 Å². The molecule has 1 aromatic rings. The zero-order valence-electron chi connectivity index (χ0n) is 9.26. The van der Waals surface area contributed by atoms with Crippen molar-refractivity contribution in [3.8, 4) is 0 Å². The molecule has 2 nitrogen and oxygen atoms in total. The SMILES string of the molecule is C=Nc1cc(C)c(C)cc1/C(C)=N\C. The van der Waals surface area contributed by atoms with E-state index in [1.807, 2.05) is 13.0 Å². The van der Waals surface area contributed by atoms with Crippen LogP contribution >= 0.6 is 0 Å². The van der Waals surface area contributed by atoms with Gasteiger partial charge in [0.2, 0.25) is 0 Å². The lowest BCUT2D eigenvalue weighted by Gasteiger charge is -2.08. The zero-order valence-corrected chi connectivity index (χ0v) is 9.26. The average Bonchev–Trinajstić information content (AvgIpc) is 2.20. The minimum absolute atomic E-state index is 0.913. The average molecular weight is 188 g/mol. The molecule has 0 spiro atoms. The van der Waals surface area contributed by atoms with Gasteiger partial charge < -0.3 is 0 Å². The van der Waals surface area contributed by atoms with E-state index in [1.54, 1.807) is 7.05 Å². The maximum absolute atomic E-state index is 4.17. The van der Waals surface area contributed by atoms with Crippen LogP contribution in [0.4, 0.5) is 5.69 Å². The van der Waals surface area contributed by atoms with Gasteiger partial charge in [0.25, 0.3) is 0 Å². The fourth-order valence-corrected chi connectivity index (χ4v) is 1.34. The fraction of sp³-hybridized carbons (Fsp3) is 0.333. The summed E-state index contributed by atoms with van der Waals surface area (Å²) in [5.74, 6) is 0. The van der Waals surface area contributed by atoms with Gasteiger partial charge >= 0.3 is 0 Å². The summed E-state index contributed by atoms with van der Waals surface area (Å²) in [7, 11) is 1.79. The lowest BCUT2D eigenvalue weighted by molar-refractivity contribution is 1.31. The summed E-state index contributed by atoms with van der Waals surface area (Å²) in [4.78, 5) is 8.18. The molecule has 0 N–H and O–H groups in total. The second kappa shape index (κ2) is 4.18. The van der Waals surface area contributed by atoms with Crippen LogP contribution in [0.2, 0.25) is 0 Å². The minimum atomic E-state index is 0.913. The molecule has 0 atom stereocenters. The van der Waals surface area contributed by atoms with Crippen LogP contribution < -0.4 is 0 Å². The van der Waals surface area contributed by atoms with Crippen molar-refractivity contribution in [1.29, 1.82) is 0 Å². The highest BCUT2D eigenvalue weighted by Crippen LogP contribution is 2.23. The first-order valence-electron chi connectivity index (χ1n) is 4.62. The first kappa shape index (κ1) is 10.6. The maximum Gasteiger partial charge on any atom is 0.0715 e. The number of aliphatic imine (C=N–C) groups is 2. The Morgan fingerprint density at radius 3 is 2.29 bits per heavy atom. The van der Waals surface area contributed by atoms with E-state index in [1.165, 1.54) is 11.1 Å². The first-order chi connectivity index (χ1) is 6.60. The van der Waals surface area contributed by atoms with Gasteiger partial charge in [-0.1, -0.05) is 0 Å². The molecule has 0 aliphatic heterocycles. The van der Waals surface area contributed by atoms with Gasteiger partial charge in [0.1, 0.15) is 0 Å². The Balaban J connectivity index is 3.42. The molecule has 0 aliphatic rings. The zero-order chi connectivity index (χ0) is 10.7. The lowest BCUT2D eigenvalue weighted by atomic mass is 10.0. The summed E-state index contributed by atoms with van der Waals surface area (Å²) >= 11 is 0. The molecule has 74 valence electrons. The highest BCUT2D eigenvalue weighted by molar-refractivity contribution is 6.03. The molecule has 0 fully saturated rings. The normalized spacial score (nSPS) is 11.6. The lowest BCUT2D eigenvalue weighted by Crippen LogP contribution is -1.97. The van der Waals surface area contributed by atoms with Gasteiger partial charge in [-0.3, -0.25) is 9.98 Å². The number of hydrogen-bond acceptors (Lipinski definition) is 2. The molecule has 14 heavy (non-hydrogen) atoms. The topological polar surface area (TPSA) is 24.7 Å². The molecule has 0 saturated carbocycles. The Kier molecular flexibility index (Phi) is 3.18. The van der Waals surface area contributed by atoms with Crippen molar-refractivity contribution in [2.75, 3.05) is 7.05 Å². The van der Waals surface area contributed by atoms with Crippen LogP contribution in [0.25, 0.3) is 0 Å². The number of hydrogen-bond donors (Lipinski definition) is 0. The van der Waals surface area contributed by atoms with Crippen LogP contribution in [0.5, 0.6) is 0 Å². The molecule has 0 bridgehead atoms. The van der Waals surface area contributed by atoms with Crippen molar-refractivity contribution < 1.29 is 0 Å². The van der Waals surface area contributed by atoms with E-state index in [-0.39, 0.29) is 0 Å². The molecule has 0 radical (unpaired) electrons. The highest BCUT2D eigenvalue weighted by Gasteiger charge is 2.05. The smallest absolute Gasteiger partial charge is 0.0715 e. The van der Waals surface area contributed by atoms with Crippen LogP contribution in [0, 0.1) is 13.8 Å². The number of benzene rings is 1. The van der Waals surface area contributed by atoms with E-state index in [9.17, 15) is 0 Å². The first-order valence-corrected chi connectivity index (χ1v) is 4.62. The molecule has 0 unspecified atom stereocenters. The summed E-state index contributed by atoms with van der Waals surface area (Å²) in [5, 5.41) is 0. The van der Waals surface area contributed by atoms with Crippen molar-refractivity contribution in [3.63, 3.8) is 0 Å². The van der Waals surface area contributed by atoms with E-state index in [0.717, 1.165) is 17.0 Å². The molecule has 0 heterocycles. The second-order valence-corrected chi connectivity index (χ2v) is 3.42. The van der Waals surface area contributed by atoms with Crippen LogP contribution in [-0.2, 0) is 0 Å². The van der Waals surface area contributed by atoms with Crippen molar-refractivity contribution in [2.45, 2.75) is 20.8 Å². The molecule has 0 aromatic heterocycles. The van der Waals surface area contributed by atoms with Gasteiger partial charge in [-0.05, 0) is 50.7 Å². The largest absolute Gasteiger partial charge is 0.293 e. The Hall–Kier alpha value is -1.44. The predicted octanol–water partition coefficient (Wildman–Crippen LogP) is 3.07. The van der Waals surface area contributed by atoms with Gasteiger partial charge in [-0.15, -0.1) is 0 Å².